The van der Waals surface area contributed by atoms with Gasteiger partial charge in [0.25, 0.3) is 0 Å². The SMILES string of the molecule is CC(C)C[C@@H](NC(=O)C1(C)CC1(Cl)Cl)C(=O)O. The minimum atomic E-state index is -1.07. The van der Waals surface area contributed by atoms with Crippen molar-refractivity contribution in [3.05, 3.63) is 0 Å². The first-order chi connectivity index (χ1) is 7.60. The summed E-state index contributed by atoms with van der Waals surface area (Å²) in [5.41, 5.74) is -0.874. The summed E-state index contributed by atoms with van der Waals surface area (Å²) in [6, 6.07) is -0.885. The number of carboxylic acids is 1. The molecule has 17 heavy (non-hydrogen) atoms. The third-order valence-corrected chi connectivity index (χ3v) is 4.17. The van der Waals surface area contributed by atoms with E-state index in [9.17, 15) is 9.59 Å². The first-order valence-corrected chi connectivity index (χ1v) is 6.27. The number of rotatable bonds is 5. The normalized spacial score (nSPS) is 27.6. The van der Waals surface area contributed by atoms with Crippen LogP contribution in [0.15, 0.2) is 0 Å². The fraction of sp³-hybridized carbons (Fsp3) is 0.818. The maximum Gasteiger partial charge on any atom is 0.326 e. The van der Waals surface area contributed by atoms with Gasteiger partial charge in [0.05, 0.1) is 5.41 Å². The molecule has 1 unspecified atom stereocenters. The lowest BCUT2D eigenvalue weighted by atomic mass is 10.0. The monoisotopic (exact) mass is 281 g/mol. The molecule has 1 rings (SSSR count). The van der Waals surface area contributed by atoms with E-state index in [-0.39, 0.29) is 5.92 Å². The van der Waals surface area contributed by atoms with Gasteiger partial charge in [-0.15, -0.1) is 23.2 Å². The molecule has 1 fully saturated rings. The molecule has 0 aromatic carbocycles. The van der Waals surface area contributed by atoms with Crippen molar-refractivity contribution in [3.63, 3.8) is 0 Å². The molecular weight excluding hydrogens is 265 g/mol. The van der Waals surface area contributed by atoms with Crippen LogP contribution in [0.3, 0.4) is 0 Å². The topological polar surface area (TPSA) is 66.4 Å². The zero-order chi connectivity index (χ0) is 13.4. The van der Waals surface area contributed by atoms with Crippen LogP contribution in [0.5, 0.6) is 0 Å². The molecule has 4 nitrogen and oxygen atoms in total. The second-order valence-corrected chi connectivity index (χ2v) is 6.69. The summed E-state index contributed by atoms with van der Waals surface area (Å²) in [5.74, 6) is -1.25. The Kier molecular flexibility index (Phi) is 3.99. The molecule has 1 aliphatic rings. The minimum absolute atomic E-state index is 0.181. The van der Waals surface area contributed by atoms with E-state index in [1.165, 1.54) is 0 Å². The number of carbonyl (C=O) groups is 2. The number of carbonyl (C=O) groups excluding carboxylic acids is 1. The van der Waals surface area contributed by atoms with Crippen molar-refractivity contribution in [1.29, 1.82) is 0 Å². The predicted octanol–water partition coefficient (Wildman–Crippen LogP) is 2.19. The number of nitrogens with one attached hydrogen (secondary N) is 1. The summed E-state index contributed by atoms with van der Waals surface area (Å²) >= 11 is 11.7. The van der Waals surface area contributed by atoms with Crippen molar-refractivity contribution >= 4 is 35.1 Å². The van der Waals surface area contributed by atoms with Crippen LogP contribution >= 0.6 is 23.2 Å². The van der Waals surface area contributed by atoms with Crippen LogP contribution in [-0.2, 0) is 9.59 Å². The van der Waals surface area contributed by atoms with Gasteiger partial charge in [-0.25, -0.2) is 4.79 Å². The molecule has 0 aliphatic heterocycles. The lowest BCUT2D eigenvalue weighted by Gasteiger charge is -2.19. The van der Waals surface area contributed by atoms with Gasteiger partial charge < -0.3 is 10.4 Å². The van der Waals surface area contributed by atoms with Crippen molar-refractivity contribution in [2.75, 3.05) is 0 Å². The van der Waals surface area contributed by atoms with E-state index in [0.717, 1.165) is 0 Å². The number of hydrogen-bond acceptors (Lipinski definition) is 2. The quantitative estimate of drug-likeness (QED) is 0.759. The molecule has 2 N–H and O–H groups in total. The smallest absolute Gasteiger partial charge is 0.326 e. The Morgan fingerprint density at radius 1 is 1.41 bits per heavy atom. The molecule has 0 bridgehead atoms. The van der Waals surface area contributed by atoms with E-state index in [0.29, 0.717) is 12.8 Å². The van der Waals surface area contributed by atoms with Gasteiger partial charge in [-0.05, 0) is 25.7 Å². The second-order valence-electron chi connectivity index (χ2n) is 5.21. The summed E-state index contributed by atoms with van der Waals surface area (Å²) in [4.78, 5) is 22.9. The summed E-state index contributed by atoms with van der Waals surface area (Å²) < 4.78 is -1.07. The third kappa shape index (κ3) is 3.05. The Morgan fingerprint density at radius 2 is 1.88 bits per heavy atom. The van der Waals surface area contributed by atoms with Crippen LogP contribution in [0.1, 0.15) is 33.6 Å². The van der Waals surface area contributed by atoms with E-state index in [4.69, 9.17) is 28.3 Å². The minimum Gasteiger partial charge on any atom is -0.480 e. The number of aliphatic carboxylic acids is 1. The van der Waals surface area contributed by atoms with Gasteiger partial charge in [0.2, 0.25) is 5.91 Å². The van der Waals surface area contributed by atoms with Gasteiger partial charge in [-0.3, -0.25) is 4.79 Å². The van der Waals surface area contributed by atoms with Crippen LogP contribution in [0.2, 0.25) is 0 Å². The molecule has 1 amide bonds. The zero-order valence-corrected chi connectivity index (χ0v) is 11.6. The molecule has 2 atom stereocenters. The summed E-state index contributed by atoms with van der Waals surface area (Å²) in [6.07, 6.45) is 0.734. The molecular formula is C11H17Cl2NO3. The van der Waals surface area contributed by atoms with Crippen molar-refractivity contribution in [3.8, 4) is 0 Å². The highest BCUT2D eigenvalue weighted by molar-refractivity contribution is 6.53. The fourth-order valence-electron chi connectivity index (χ4n) is 1.66. The first-order valence-electron chi connectivity index (χ1n) is 5.52. The molecule has 6 heteroatoms. The number of hydrogen-bond donors (Lipinski definition) is 2. The fourth-order valence-corrected chi connectivity index (χ4v) is 2.36. The highest BCUT2D eigenvalue weighted by atomic mass is 35.5. The number of alkyl halides is 2. The second kappa shape index (κ2) is 4.65. The van der Waals surface area contributed by atoms with E-state index in [1.807, 2.05) is 13.8 Å². The summed E-state index contributed by atoms with van der Waals surface area (Å²) in [7, 11) is 0. The number of halogens is 2. The summed E-state index contributed by atoms with van der Waals surface area (Å²) in [6.45, 7) is 5.43. The van der Waals surface area contributed by atoms with Crippen LogP contribution in [0.25, 0.3) is 0 Å². The highest BCUT2D eigenvalue weighted by Gasteiger charge is 2.68. The maximum atomic E-state index is 11.9. The van der Waals surface area contributed by atoms with Crippen LogP contribution in [0.4, 0.5) is 0 Å². The Morgan fingerprint density at radius 3 is 2.18 bits per heavy atom. The molecule has 1 saturated carbocycles. The van der Waals surface area contributed by atoms with Gasteiger partial charge in [0.1, 0.15) is 10.4 Å². The number of carboxylic acid groups (broad SMARTS) is 1. The third-order valence-electron chi connectivity index (χ3n) is 3.07. The highest BCUT2D eigenvalue weighted by Crippen LogP contribution is 2.63. The molecule has 98 valence electrons. The largest absolute Gasteiger partial charge is 0.480 e. The molecule has 0 spiro atoms. The van der Waals surface area contributed by atoms with Crippen molar-refractivity contribution in [1.82, 2.24) is 5.32 Å². The molecule has 0 aromatic heterocycles. The van der Waals surface area contributed by atoms with Crippen LogP contribution in [-0.4, -0.2) is 27.4 Å². The maximum absolute atomic E-state index is 11.9. The first kappa shape index (κ1) is 14.6. The summed E-state index contributed by atoms with van der Waals surface area (Å²) in [5, 5.41) is 11.5. The molecule has 0 heterocycles. The van der Waals surface area contributed by atoms with Crippen LogP contribution in [0, 0.1) is 11.3 Å². The predicted molar refractivity (Wildman–Crippen MR) is 66.2 cm³/mol. The average molecular weight is 282 g/mol. The van der Waals surface area contributed by atoms with Crippen molar-refractivity contribution < 1.29 is 14.7 Å². The van der Waals surface area contributed by atoms with Gasteiger partial charge in [0, 0.05) is 0 Å². The van der Waals surface area contributed by atoms with Crippen molar-refractivity contribution in [2.45, 2.75) is 44.0 Å². The molecule has 0 radical (unpaired) electrons. The van der Waals surface area contributed by atoms with Gasteiger partial charge in [-0.2, -0.15) is 0 Å². The molecule has 0 saturated heterocycles. The Balaban J connectivity index is 2.63. The van der Waals surface area contributed by atoms with E-state index < -0.39 is 27.7 Å². The van der Waals surface area contributed by atoms with Gasteiger partial charge in [0.15, 0.2) is 0 Å². The van der Waals surface area contributed by atoms with E-state index in [2.05, 4.69) is 5.32 Å². The lowest BCUT2D eigenvalue weighted by molar-refractivity contribution is -0.143. The molecule has 0 aromatic rings. The van der Waals surface area contributed by atoms with E-state index >= 15 is 0 Å². The van der Waals surface area contributed by atoms with E-state index in [1.54, 1.807) is 6.92 Å². The zero-order valence-electron chi connectivity index (χ0n) is 10.1. The lowest BCUT2D eigenvalue weighted by Crippen LogP contribution is -2.45. The Labute approximate surface area is 111 Å². The Hall–Kier alpha value is -0.480. The standard InChI is InChI=1S/C11H17Cl2NO3/c1-6(2)4-7(8(15)16)14-9(17)10(3)5-11(10,12)13/h6-7H,4-5H2,1-3H3,(H,14,17)(H,15,16)/t7-,10?/m1/s1. The Bertz CT molecular complexity index is 344. The van der Waals surface area contributed by atoms with Gasteiger partial charge in [-0.1, -0.05) is 13.8 Å². The van der Waals surface area contributed by atoms with Gasteiger partial charge >= 0.3 is 5.97 Å². The number of amides is 1. The molecule has 1 aliphatic carbocycles. The van der Waals surface area contributed by atoms with Crippen molar-refractivity contribution in [2.24, 2.45) is 11.3 Å². The average Bonchev–Trinajstić information content (AvgIpc) is 2.65. The van der Waals surface area contributed by atoms with Crippen LogP contribution < -0.4 is 5.32 Å².